The van der Waals surface area contributed by atoms with Crippen LogP contribution in [0.1, 0.15) is 16.2 Å². The van der Waals surface area contributed by atoms with Crippen LogP contribution in [0.25, 0.3) is 0 Å². The SMILES string of the molecule is Cc1cnc(C(=O)N=[S@@](C)(=O)c2ccc(N(C)C)cc2)cn1. The minimum absolute atomic E-state index is 0.0880. The first-order valence-corrected chi connectivity index (χ1v) is 8.54. The van der Waals surface area contributed by atoms with Crippen molar-refractivity contribution in [1.82, 2.24) is 9.97 Å². The second-order valence-corrected chi connectivity index (χ2v) is 7.39. The summed E-state index contributed by atoms with van der Waals surface area (Å²) in [5, 5.41) is 0. The Morgan fingerprint density at radius 2 is 1.77 bits per heavy atom. The van der Waals surface area contributed by atoms with Crippen LogP contribution in [0.4, 0.5) is 5.69 Å². The summed E-state index contributed by atoms with van der Waals surface area (Å²) in [6.07, 6.45) is 4.26. The number of aromatic nitrogens is 2. The van der Waals surface area contributed by atoms with Crippen molar-refractivity contribution in [3.63, 3.8) is 0 Å². The first kappa shape index (κ1) is 16.1. The molecular formula is C15H18N4O2S. The molecule has 0 spiro atoms. The third-order valence-electron chi connectivity index (χ3n) is 3.05. The number of carbonyl (C=O) groups is 1. The molecular weight excluding hydrogens is 300 g/mol. The van der Waals surface area contributed by atoms with Gasteiger partial charge in [-0.15, -0.1) is 0 Å². The van der Waals surface area contributed by atoms with Crippen molar-refractivity contribution < 1.29 is 9.00 Å². The Bertz CT molecular complexity index is 789. The summed E-state index contributed by atoms with van der Waals surface area (Å²) < 4.78 is 16.5. The maximum atomic E-state index is 12.7. The lowest BCUT2D eigenvalue weighted by atomic mass is 10.3. The number of rotatable bonds is 3. The van der Waals surface area contributed by atoms with E-state index < -0.39 is 15.6 Å². The summed E-state index contributed by atoms with van der Waals surface area (Å²) in [7, 11) is 1.02. The van der Waals surface area contributed by atoms with E-state index in [1.165, 1.54) is 18.6 Å². The number of amides is 1. The topological polar surface area (TPSA) is 75.5 Å². The molecule has 0 saturated heterocycles. The second kappa shape index (κ2) is 6.23. The van der Waals surface area contributed by atoms with Gasteiger partial charge in [-0.2, -0.15) is 4.36 Å². The predicted molar refractivity (Wildman–Crippen MR) is 86.6 cm³/mol. The van der Waals surface area contributed by atoms with E-state index in [2.05, 4.69) is 14.3 Å². The third-order valence-corrected chi connectivity index (χ3v) is 4.71. The molecule has 1 amide bonds. The van der Waals surface area contributed by atoms with Crippen molar-refractivity contribution in [2.45, 2.75) is 11.8 Å². The summed E-state index contributed by atoms with van der Waals surface area (Å²) >= 11 is 0. The number of carbonyl (C=O) groups excluding carboxylic acids is 1. The monoisotopic (exact) mass is 318 g/mol. The van der Waals surface area contributed by atoms with Gasteiger partial charge in [-0.3, -0.25) is 9.78 Å². The van der Waals surface area contributed by atoms with Gasteiger partial charge >= 0.3 is 5.91 Å². The number of hydrogen-bond acceptors (Lipinski definition) is 5. The summed E-state index contributed by atoms with van der Waals surface area (Å²) in [5.41, 5.74) is 1.77. The fourth-order valence-electron chi connectivity index (χ4n) is 1.76. The number of anilines is 1. The molecule has 6 nitrogen and oxygen atoms in total. The molecule has 1 aromatic heterocycles. The molecule has 0 aliphatic carbocycles. The van der Waals surface area contributed by atoms with Crippen molar-refractivity contribution in [3.8, 4) is 0 Å². The Morgan fingerprint density at radius 3 is 2.27 bits per heavy atom. The minimum atomic E-state index is -2.82. The van der Waals surface area contributed by atoms with Crippen molar-refractivity contribution >= 4 is 21.3 Å². The Hall–Kier alpha value is -2.28. The molecule has 2 aromatic rings. The fraction of sp³-hybridized carbons (Fsp3) is 0.267. The highest BCUT2D eigenvalue weighted by Crippen LogP contribution is 2.18. The minimum Gasteiger partial charge on any atom is -0.378 e. The molecule has 22 heavy (non-hydrogen) atoms. The van der Waals surface area contributed by atoms with E-state index in [-0.39, 0.29) is 5.69 Å². The lowest BCUT2D eigenvalue weighted by Crippen LogP contribution is -2.09. The Labute approximate surface area is 130 Å². The van der Waals surface area contributed by atoms with Crippen LogP contribution in [-0.4, -0.2) is 40.4 Å². The van der Waals surface area contributed by atoms with Crippen LogP contribution in [0.15, 0.2) is 45.9 Å². The van der Waals surface area contributed by atoms with Crippen molar-refractivity contribution in [1.29, 1.82) is 0 Å². The lowest BCUT2D eigenvalue weighted by molar-refractivity contribution is 0.1000. The van der Waals surface area contributed by atoms with Gasteiger partial charge in [-0.1, -0.05) is 0 Å². The molecule has 0 bridgehead atoms. The largest absolute Gasteiger partial charge is 0.378 e. The van der Waals surface area contributed by atoms with Crippen molar-refractivity contribution in [3.05, 3.63) is 48.0 Å². The maximum absolute atomic E-state index is 12.7. The van der Waals surface area contributed by atoms with Gasteiger partial charge in [0.15, 0.2) is 0 Å². The van der Waals surface area contributed by atoms with E-state index in [1.54, 1.807) is 19.1 Å². The molecule has 0 unspecified atom stereocenters. The molecule has 1 aromatic carbocycles. The summed E-state index contributed by atoms with van der Waals surface area (Å²) in [6.45, 7) is 1.77. The van der Waals surface area contributed by atoms with E-state index >= 15 is 0 Å². The van der Waals surface area contributed by atoms with Gasteiger partial charge in [0, 0.05) is 37.1 Å². The van der Waals surface area contributed by atoms with E-state index in [4.69, 9.17) is 0 Å². The average Bonchev–Trinajstić information content (AvgIpc) is 2.47. The van der Waals surface area contributed by atoms with Gasteiger partial charge in [0.1, 0.15) is 5.69 Å². The van der Waals surface area contributed by atoms with Crippen molar-refractivity contribution in [2.24, 2.45) is 4.36 Å². The van der Waals surface area contributed by atoms with Gasteiger partial charge in [-0.25, -0.2) is 9.19 Å². The van der Waals surface area contributed by atoms with Crippen LogP contribution in [0.2, 0.25) is 0 Å². The molecule has 0 aliphatic rings. The highest BCUT2D eigenvalue weighted by molar-refractivity contribution is 7.93. The van der Waals surface area contributed by atoms with E-state index in [0.717, 1.165) is 5.69 Å². The number of aryl methyl sites for hydroxylation is 1. The molecule has 116 valence electrons. The fourth-order valence-corrected chi connectivity index (χ4v) is 2.91. The quantitative estimate of drug-likeness (QED) is 0.866. The zero-order valence-corrected chi connectivity index (χ0v) is 13.8. The predicted octanol–water partition coefficient (Wildman–Crippen LogP) is 2.15. The summed E-state index contributed by atoms with van der Waals surface area (Å²) in [5.74, 6) is -0.628. The zero-order chi connectivity index (χ0) is 16.3. The normalized spacial score (nSPS) is 13.3. The highest BCUT2D eigenvalue weighted by Gasteiger charge is 2.13. The van der Waals surface area contributed by atoms with Gasteiger partial charge < -0.3 is 4.90 Å². The standard InChI is InChI=1S/C15H18N4O2S/c1-11-9-17-14(10-16-11)15(20)18-22(4,21)13-7-5-12(6-8-13)19(2)3/h5-10H,1-4H3/t22-/m0/s1. The number of nitrogens with zero attached hydrogens (tertiary/aromatic N) is 4. The Balaban J connectivity index is 2.34. The summed E-state index contributed by atoms with van der Waals surface area (Å²) in [6, 6.07) is 7.11. The van der Waals surface area contributed by atoms with Gasteiger partial charge in [0.05, 0.1) is 21.6 Å². The highest BCUT2D eigenvalue weighted by atomic mass is 32.2. The lowest BCUT2D eigenvalue weighted by Gasteiger charge is -2.13. The smallest absolute Gasteiger partial charge is 0.305 e. The number of hydrogen-bond donors (Lipinski definition) is 0. The number of benzene rings is 1. The third kappa shape index (κ3) is 3.67. The van der Waals surface area contributed by atoms with Gasteiger partial charge in [-0.05, 0) is 31.2 Å². The molecule has 0 saturated carbocycles. The van der Waals surface area contributed by atoms with Crippen molar-refractivity contribution in [2.75, 3.05) is 25.3 Å². The van der Waals surface area contributed by atoms with Gasteiger partial charge in [0.25, 0.3) is 0 Å². The van der Waals surface area contributed by atoms with Crippen LogP contribution < -0.4 is 4.90 Å². The molecule has 0 aliphatic heterocycles. The van der Waals surface area contributed by atoms with E-state index in [0.29, 0.717) is 10.6 Å². The molecule has 7 heteroatoms. The van der Waals surface area contributed by atoms with Crippen LogP contribution >= 0.6 is 0 Å². The molecule has 0 radical (unpaired) electrons. The molecule has 1 heterocycles. The average molecular weight is 318 g/mol. The zero-order valence-electron chi connectivity index (χ0n) is 13.0. The van der Waals surface area contributed by atoms with E-state index in [9.17, 15) is 9.00 Å². The first-order valence-electron chi connectivity index (χ1n) is 6.62. The van der Waals surface area contributed by atoms with E-state index in [1.807, 2.05) is 31.1 Å². The van der Waals surface area contributed by atoms with Crippen LogP contribution in [0.5, 0.6) is 0 Å². The van der Waals surface area contributed by atoms with Crippen LogP contribution in [0, 0.1) is 6.92 Å². The Kier molecular flexibility index (Phi) is 4.56. The van der Waals surface area contributed by atoms with Crippen LogP contribution in [-0.2, 0) is 9.73 Å². The molecule has 2 rings (SSSR count). The second-order valence-electron chi connectivity index (χ2n) is 5.13. The summed E-state index contributed by atoms with van der Waals surface area (Å²) in [4.78, 5) is 22.5. The molecule has 0 fully saturated rings. The molecule has 1 atom stereocenters. The first-order chi connectivity index (χ1) is 10.3. The maximum Gasteiger partial charge on any atom is 0.305 e. The molecule has 0 N–H and O–H groups in total. The Morgan fingerprint density at radius 1 is 1.14 bits per heavy atom. The van der Waals surface area contributed by atoms with Gasteiger partial charge in [0.2, 0.25) is 0 Å². The van der Waals surface area contributed by atoms with Crippen LogP contribution in [0.3, 0.4) is 0 Å².